The van der Waals surface area contributed by atoms with Crippen LogP contribution in [0.2, 0.25) is 5.02 Å². The van der Waals surface area contributed by atoms with Crippen LogP contribution in [0.1, 0.15) is 35.4 Å². The molecule has 5 rings (SSSR count). The summed E-state index contributed by atoms with van der Waals surface area (Å²) < 4.78 is 0. The van der Waals surface area contributed by atoms with Crippen molar-refractivity contribution < 1.29 is 4.79 Å². The van der Waals surface area contributed by atoms with Gasteiger partial charge in [-0.25, -0.2) is 4.98 Å². The minimum Gasteiger partial charge on any atom is -0.347 e. The highest BCUT2D eigenvalue weighted by Crippen LogP contribution is 2.27. The molecule has 0 radical (unpaired) electrons. The number of nitrogens with one attached hydrogen (secondary N) is 1. The molecule has 0 spiro atoms. The van der Waals surface area contributed by atoms with Gasteiger partial charge in [-0.15, -0.1) is 0 Å². The zero-order chi connectivity index (χ0) is 21.9. The normalized spacial score (nSPS) is 19.7. The number of fused-ring (bicyclic) bond motifs is 1. The Balaban J connectivity index is 1.26. The summed E-state index contributed by atoms with van der Waals surface area (Å²) in [5.41, 5.74) is 4.70. The minimum atomic E-state index is -0.174. The Morgan fingerprint density at radius 2 is 1.78 bits per heavy atom. The van der Waals surface area contributed by atoms with Gasteiger partial charge in [-0.1, -0.05) is 54.1 Å². The van der Waals surface area contributed by atoms with Crippen molar-refractivity contribution in [1.29, 1.82) is 0 Å². The number of carbonyl (C=O) groups is 1. The van der Waals surface area contributed by atoms with Crippen molar-refractivity contribution >= 4 is 17.5 Å². The number of benzene rings is 2. The Morgan fingerprint density at radius 3 is 2.53 bits per heavy atom. The van der Waals surface area contributed by atoms with Gasteiger partial charge in [0.2, 0.25) is 5.91 Å². The van der Waals surface area contributed by atoms with Gasteiger partial charge in [-0.3, -0.25) is 9.69 Å². The van der Waals surface area contributed by atoms with Crippen LogP contribution < -0.4 is 0 Å². The maximum absolute atomic E-state index is 13.6. The number of hydrogen-bond donors (Lipinski definition) is 1. The molecule has 1 fully saturated rings. The molecular weight excluding hydrogens is 420 g/mol. The molecule has 1 aromatic heterocycles. The van der Waals surface area contributed by atoms with Crippen molar-refractivity contribution in [2.45, 2.75) is 44.8 Å². The van der Waals surface area contributed by atoms with E-state index in [9.17, 15) is 4.79 Å². The first-order valence-corrected chi connectivity index (χ1v) is 11.9. The molecule has 1 N–H and O–H groups in total. The molecule has 3 aromatic rings. The average molecular weight is 449 g/mol. The minimum absolute atomic E-state index is 0.174. The van der Waals surface area contributed by atoms with Crippen molar-refractivity contribution in [3.05, 3.63) is 88.5 Å². The number of aromatic nitrogens is 2. The fourth-order valence-corrected chi connectivity index (χ4v) is 5.16. The van der Waals surface area contributed by atoms with E-state index < -0.39 is 0 Å². The van der Waals surface area contributed by atoms with E-state index in [0.717, 1.165) is 60.9 Å². The van der Waals surface area contributed by atoms with Crippen molar-refractivity contribution in [3.63, 3.8) is 0 Å². The Labute approximate surface area is 194 Å². The number of imidazole rings is 1. The first-order chi connectivity index (χ1) is 15.7. The summed E-state index contributed by atoms with van der Waals surface area (Å²) >= 11 is 6.06. The van der Waals surface area contributed by atoms with E-state index in [-0.39, 0.29) is 11.9 Å². The summed E-state index contributed by atoms with van der Waals surface area (Å²) in [5.74, 6) is 0.890. The monoisotopic (exact) mass is 448 g/mol. The van der Waals surface area contributed by atoms with Gasteiger partial charge in [0.1, 0.15) is 0 Å². The summed E-state index contributed by atoms with van der Waals surface area (Å²) in [6.45, 7) is 3.11. The molecule has 1 amide bonds. The highest BCUT2D eigenvalue weighted by Gasteiger charge is 2.36. The predicted octanol–water partition coefficient (Wildman–Crippen LogP) is 4.47. The highest BCUT2D eigenvalue weighted by molar-refractivity contribution is 6.30. The molecule has 1 saturated heterocycles. The third kappa shape index (κ3) is 4.74. The molecule has 2 aliphatic heterocycles. The number of hydrogen-bond acceptors (Lipinski definition) is 3. The van der Waals surface area contributed by atoms with Crippen LogP contribution in [0.25, 0.3) is 0 Å². The van der Waals surface area contributed by atoms with Crippen LogP contribution in [-0.2, 0) is 30.7 Å². The van der Waals surface area contributed by atoms with Crippen LogP contribution in [0.4, 0.5) is 0 Å². The lowest BCUT2D eigenvalue weighted by Gasteiger charge is -2.39. The summed E-state index contributed by atoms with van der Waals surface area (Å²) in [6.07, 6.45) is 5.64. The number of likely N-dealkylation sites (tertiary alicyclic amines) is 1. The van der Waals surface area contributed by atoms with Crippen LogP contribution in [0.15, 0.2) is 60.9 Å². The number of halogens is 1. The molecule has 3 heterocycles. The zero-order valence-electron chi connectivity index (χ0n) is 18.2. The topological polar surface area (TPSA) is 52.2 Å². The second-order valence-electron chi connectivity index (χ2n) is 9.04. The summed E-state index contributed by atoms with van der Waals surface area (Å²) in [6, 6.07) is 18.4. The molecule has 0 saturated carbocycles. The van der Waals surface area contributed by atoms with Gasteiger partial charge < -0.3 is 9.88 Å². The molecule has 5 nitrogen and oxygen atoms in total. The van der Waals surface area contributed by atoms with Gasteiger partial charge >= 0.3 is 0 Å². The Kier molecular flexibility index (Phi) is 6.28. The molecule has 0 bridgehead atoms. The summed E-state index contributed by atoms with van der Waals surface area (Å²) in [5, 5.41) is 0.731. The summed E-state index contributed by atoms with van der Waals surface area (Å²) in [7, 11) is 0. The van der Waals surface area contributed by atoms with E-state index >= 15 is 0 Å². The van der Waals surface area contributed by atoms with E-state index in [1.54, 1.807) is 6.33 Å². The van der Waals surface area contributed by atoms with Crippen molar-refractivity contribution in [2.75, 3.05) is 13.1 Å². The van der Waals surface area contributed by atoms with E-state index in [2.05, 4.69) is 50.1 Å². The molecule has 0 aliphatic carbocycles. The third-order valence-corrected chi connectivity index (χ3v) is 7.13. The SMILES string of the molecule is O=C([C@@H]1Cc2nc[nH]c2CN1Cc1ccc(Cl)cc1)N1CCC(Cc2ccccc2)CC1. The fourth-order valence-electron chi connectivity index (χ4n) is 5.04. The van der Waals surface area contributed by atoms with Crippen LogP contribution in [0.3, 0.4) is 0 Å². The number of piperidine rings is 1. The maximum atomic E-state index is 13.6. The lowest BCUT2D eigenvalue weighted by molar-refractivity contribution is -0.139. The molecular formula is C26H29ClN4O. The quantitative estimate of drug-likeness (QED) is 0.626. The largest absolute Gasteiger partial charge is 0.347 e. The molecule has 1 atom stereocenters. The van der Waals surface area contributed by atoms with Crippen LogP contribution in [0.5, 0.6) is 0 Å². The molecule has 32 heavy (non-hydrogen) atoms. The van der Waals surface area contributed by atoms with Crippen LogP contribution in [-0.4, -0.2) is 44.8 Å². The molecule has 6 heteroatoms. The van der Waals surface area contributed by atoms with E-state index in [4.69, 9.17) is 11.6 Å². The molecule has 2 aliphatic rings. The van der Waals surface area contributed by atoms with Gasteiger partial charge in [0, 0.05) is 37.6 Å². The Morgan fingerprint density at radius 1 is 1.03 bits per heavy atom. The lowest BCUT2D eigenvalue weighted by atomic mass is 9.89. The average Bonchev–Trinajstić information content (AvgIpc) is 3.28. The number of nitrogens with zero attached hydrogens (tertiary/aromatic N) is 3. The maximum Gasteiger partial charge on any atom is 0.240 e. The summed E-state index contributed by atoms with van der Waals surface area (Å²) in [4.78, 5) is 25.7. The molecule has 0 unspecified atom stereocenters. The fraction of sp³-hybridized carbons (Fsp3) is 0.385. The van der Waals surface area contributed by atoms with Crippen molar-refractivity contribution in [1.82, 2.24) is 19.8 Å². The molecule has 166 valence electrons. The first-order valence-electron chi connectivity index (χ1n) is 11.5. The smallest absolute Gasteiger partial charge is 0.240 e. The lowest BCUT2D eigenvalue weighted by Crippen LogP contribution is -2.53. The molecule has 2 aromatic carbocycles. The second-order valence-corrected chi connectivity index (χ2v) is 9.47. The first kappa shape index (κ1) is 21.2. The van der Waals surface area contributed by atoms with E-state index in [0.29, 0.717) is 18.9 Å². The second kappa shape index (κ2) is 9.47. The number of carbonyl (C=O) groups excluding carboxylic acids is 1. The van der Waals surface area contributed by atoms with Gasteiger partial charge in [-0.2, -0.15) is 0 Å². The van der Waals surface area contributed by atoms with E-state index in [1.807, 2.05) is 24.3 Å². The Hall–Kier alpha value is -2.63. The predicted molar refractivity (Wildman–Crippen MR) is 126 cm³/mol. The number of amides is 1. The van der Waals surface area contributed by atoms with Gasteiger partial charge in [0.05, 0.1) is 23.8 Å². The van der Waals surface area contributed by atoms with Crippen LogP contribution in [0, 0.1) is 5.92 Å². The van der Waals surface area contributed by atoms with Gasteiger partial charge in [0.25, 0.3) is 0 Å². The third-order valence-electron chi connectivity index (χ3n) is 6.87. The standard InChI is InChI=1S/C26H29ClN4O/c27-22-8-6-21(7-9-22)16-31-17-24-23(28-18-29-24)15-25(31)26(32)30-12-10-20(11-13-30)14-19-4-2-1-3-5-19/h1-9,18,20,25H,10-17H2,(H,28,29)/t25-/m0/s1. The van der Waals surface area contributed by atoms with Crippen molar-refractivity contribution in [3.8, 4) is 0 Å². The highest BCUT2D eigenvalue weighted by atomic mass is 35.5. The van der Waals surface area contributed by atoms with Crippen LogP contribution >= 0.6 is 11.6 Å². The zero-order valence-corrected chi connectivity index (χ0v) is 19.0. The van der Waals surface area contributed by atoms with E-state index in [1.165, 1.54) is 5.56 Å². The number of aromatic amines is 1. The Bertz CT molecular complexity index is 1040. The number of rotatable bonds is 5. The van der Waals surface area contributed by atoms with Gasteiger partial charge in [0.15, 0.2) is 0 Å². The van der Waals surface area contributed by atoms with Gasteiger partial charge in [-0.05, 0) is 48.4 Å². The number of H-pyrrole nitrogens is 1. The van der Waals surface area contributed by atoms with Crippen molar-refractivity contribution in [2.24, 2.45) is 5.92 Å².